The van der Waals surface area contributed by atoms with E-state index in [0.717, 1.165) is 22.3 Å². The first-order chi connectivity index (χ1) is 10.3. The van der Waals surface area contributed by atoms with E-state index in [2.05, 4.69) is 20.3 Å². The van der Waals surface area contributed by atoms with Crippen LogP contribution in [0.25, 0.3) is 10.9 Å². The zero-order valence-electron chi connectivity index (χ0n) is 11.6. The number of aromatic nitrogens is 3. The Labute approximate surface area is 122 Å². The number of ether oxygens (including phenoxy) is 1. The van der Waals surface area contributed by atoms with Crippen molar-refractivity contribution in [3.05, 3.63) is 48.4 Å². The normalized spacial score (nSPS) is 10.5. The molecule has 21 heavy (non-hydrogen) atoms. The van der Waals surface area contributed by atoms with Crippen molar-refractivity contribution >= 4 is 22.4 Å². The van der Waals surface area contributed by atoms with Gasteiger partial charge in [-0.1, -0.05) is 0 Å². The molecule has 0 saturated heterocycles. The molecule has 3 rings (SSSR count). The minimum absolute atomic E-state index is 0.592. The second-order valence-corrected chi connectivity index (χ2v) is 4.56. The molecule has 2 heterocycles. The Morgan fingerprint density at radius 2 is 2.05 bits per heavy atom. The standard InChI is InChI=1S/C15H15N5O/c1-21-14-6-10(4-5-17-14)8-18-15-12-3-2-11(16)7-13(12)19-9-20-15/h2-7,9H,8,16H2,1H3,(H,18,19,20). The monoisotopic (exact) mass is 281 g/mol. The van der Waals surface area contributed by atoms with Gasteiger partial charge in [0.05, 0.1) is 12.6 Å². The zero-order valence-corrected chi connectivity index (χ0v) is 11.6. The Balaban J connectivity index is 1.84. The smallest absolute Gasteiger partial charge is 0.213 e. The summed E-state index contributed by atoms with van der Waals surface area (Å²) < 4.78 is 5.11. The number of rotatable bonds is 4. The zero-order chi connectivity index (χ0) is 14.7. The summed E-state index contributed by atoms with van der Waals surface area (Å²) in [6.07, 6.45) is 3.24. The van der Waals surface area contributed by atoms with E-state index in [0.29, 0.717) is 18.1 Å². The van der Waals surface area contributed by atoms with Crippen LogP contribution in [0.1, 0.15) is 5.56 Å². The number of hydrogen-bond acceptors (Lipinski definition) is 6. The Morgan fingerprint density at radius 1 is 1.14 bits per heavy atom. The molecule has 0 aliphatic rings. The number of anilines is 2. The molecule has 3 N–H and O–H groups in total. The van der Waals surface area contributed by atoms with Gasteiger partial charge in [0.25, 0.3) is 0 Å². The van der Waals surface area contributed by atoms with Crippen LogP contribution in [0.5, 0.6) is 5.88 Å². The number of nitrogen functional groups attached to an aromatic ring is 1. The molecule has 6 heteroatoms. The summed E-state index contributed by atoms with van der Waals surface area (Å²) in [7, 11) is 1.60. The largest absolute Gasteiger partial charge is 0.481 e. The molecule has 1 aromatic carbocycles. The van der Waals surface area contributed by atoms with Gasteiger partial charge in [-0.2, -0.15) is 0 Å². The highest BCUT2D eigenvalue weighted by molar-refractivity contribution is 5.90. The topological polar surface area (TPSA) is 86.0 Å². The van der Waals surface area contributed by atoms with E-state index in [4.69, 9.17) is 10.5 Å². The van der Waals surface area contributed by atoms with Gasteiger partial charge >= 0.3 is 0 Å². The number of hydrogen-bond donors (Lipinski definition) is 2. The third-order valence-electron chi connectivity index (χ3n) is 3.13. The third-order valence-corrected chi connectivity index (χ3v) is 3.13. The summed E-state index contributed by atoms with van der Waals surface area (Å²) in [6, 6.07) is 9.40. The van der Waals surface area contributed by atoms with E-state index in [-0.39, 0.29) is 0 Å². The van der Waals surface area contributed by atoms with Gasteiger partial charge in [0, 0.05) is 29.9 Å². The average Bonchev–Trinajstić information content (AvgIpc) is 2.52. The second kappa shape index (κ2) is 5.62. The summed E-state index contributed by atoms with van der Waals surface area (Å²) in [5.41, 5.74) is 8.33. The number of fused-ring (bicyclic) bond motifs is 1. The van der Waals surface area contributed by atoms with Crippen LogP contribution in [0.3, 0.4) is 0 Å². The van der Waals surface area contributed by atoms with Crippen molar-refractivity contribution in [2.45, 2.75) is 6.54 Å². The number of nitrogens with one attached hydrogen (secondary N) is 1. The lowest BCUT2D eigenvalue weighted by Gasteiger charge is -2.09. The van der Waals surface area contributed by atoms with Crippen LogP contribution in [-0.4, -0.2) is 22.1 Å². The van der Waals surface area contributed by atoms with Gasteiger partial charge in [0.2, 0.25) is 5.88 Å². The highest BCUT2D eigenvalue weighted by Crippen LogP contribution is 2.21. The van der Waals surface area contributed by atoms with Gasteiger partial charge in [-0.25, -0.2) is 15.0 Å². The van der Waals surface area contributed by atoms with Gasteiger partial charge in [-0.3, -0.25) is 0 Å². The molecule has 2 aromatic heterocycles. The van der Waals surface area contributed by atoms with Crippen molar-refractivity contribution in [3.63, 3.8) is 0 Å². The molecular weight excluding hydrogens is 266 g/mol. The number of methoxy groups -OCH3 is 1. The van der Waals surface area contributed by atoms with Crippen molar-refractivity contribution in [1.82, 2.24) is 15.0 Å². The Morgan fingerprint density at radius 3 is 2.90 bits per heavy atom. The Bertz CT molecular complexity index is 775. The molecule has 0 amide bonds. The molecule has 106 valence electrons. The summed E-state index contributed by atoms with van der Waals surface area (Å²) >= 11 is 0. The minimum atomic E-state index is 0.592. The van der Waals surface area contributed by atoms with Crippen molar-refractivity contribution < 1.29 is 4.74 Å². The maximum Gasteiger partial charge on any atom is 0.213 e. The van der Waals surface area contributed by atoms with Gasteiger partial charge in [-0.05, 0) is 29.8 Å². The molecule has 0 fully saturated rings. The molecule has 3 aromatic rings. The van der Waals surface area contributed by atoms with E-state index in [1.165, 1.54) is 6.33 Å². The highest BCUT2D eigenvalue weighted by atomic mass is 16.5. The molecule has 0 bridgehead atoms. The number of pyridine rings is 1. The lowest BCUT2D eigenvalue weighted by molar-refractivity contribution is 0.397. The van der Waals surface area contributed by atoms with Crippen LogP contribution >= 0.6 is 0 Å². The first-order valence-corrected chi connectivity index (χ1v) is 6.49. The maximum absolute atomic E-state index is 5.77. The van der Waals surface area contributed by atoms with Crippen molar-refractivity contribution in [1.29, 1.82) is 0 Å². The Hall–Kier alpha value is -2.89. The van der Waals surface area contributed by atoms with Crippen molar-refractivity contribution in [2.75, 3.05) is 18.2 Å². The SMILES string of the molecule is COc1cc(CNc2ncnc3cc(N)ccc23)ccn1. The van der Waals surface area contributed by atoms with Crippen LogP contribution in [0.4, 0.5) is 11.5 Å². The highest BCUT2D eigenvalue weighted by Gasteiger charge is 2.04. The van der Waals surface area contributed by atoms with E-state index in [9.17, 15) is 0 Å². The maximum atomic E-state index is 5.77. The summed E-state index contributed by atoms with van der Waals surface area (Å²) in [6.45, 7) is 0.620. The molecule has 0 unspecified atom stereocenters. The fourth-order valence-corrected chi connectivity index (χ4v) is 2.07. The average molecular weight is 281 g/mol. The molecule has 0 aliphatic carbocycles. The van der Waals surface area contributed by atoms with E-state index >= 15 is 0 Å². The first-order valence-electron chi connectivity index (χ1n) is 6.49. The molecule has 0 saturated carbocycles. The van der Waals surface area contributed by atoms with Gasteiger partial charge in [0.1, 0.15) is 12.1 Å². The molecule has 0 spiro atoms. The number of benzene rings is 1. The first kappa shape index (κ1) is 13.1. The minimum Gasteiger partial charge on any atom is -0.481 e. The quantitative estimate of drug-likeness (QED) is 0.713. The van der Waals surface area contributed by atoms with Crippen molar-refractivity contribution in [3.8, 4) is 5.88 Å². The summed E-state index contributed by atoms with van der Waals surface area (Å²) in [5, 5.41) is 4.24. The van der Waals surface area contributed by atoms with Crippen LogP contribution in [0.15, 0.2) is 42.9 Å². The number of nitrogens with two attached hydrogens (primary N) is 1. The fraction of sp³-hybridized carbons (Fsp3) is 0.133. The molecular formula is C15H15N5O. The van der Waals surface area contributed by atoms with E-state index < -0.39 is 0 Å². The summed E-state index contributed by atoms with van der Waals surface area (Å²) in [4.78, 5) is 12.6. The molecule has 0 atom stereocenters. The van der Waals surface area contributed by atoms with Crippen LogP contribution in [-0.2, 0) is 6.54 Å². The lowest BCUT2D eigenvalue weighted by atomic mass is 10.2. The lowest BCUT2D eigenvalue weighted by Crippen LogP contribution is -2.03. The predicted molar refractivity (Wildman–Crippen MR) is 82.1 cm³/mol. The molecule has 6 nitrogen and oxygen atoms in total. The van der Waals surface area contributed by atoms with Crippen LogP contribution in [0.2, 0.25) is 0 Å². The molecule has 0 radical (unpaired) electrons. The fourth-order valence-electron chi connectivity index (χ4n) is 2.07. The van der Waals surface area contributed by atoms with Gasteiger partial charge in [-0.15, -0.1) is 0 Å². The predicted octanol–water partition coefficient (Wildman–Crippen LogP) is 2.23. The van der Waals surface area contributed by atoms with E-state index in [1.54, 1.807) is 13.3 Å². The summed E-state index contributed by atoms with van der Waals surface area (Å²) in [5.74, 6) is 1.37. The van der Waals surface area contributed by atoms with Crippen molar-refractivity contribution in [2.24, 2.45) is 0 Å². The Kier molecular flexibility index (Phi) is 3.51. The molecule has 0 aliphatic heterocycles. The van der Waals surface area contributed by atoms with Crippen LogP contribution < -0.4 is 15.8 Å². The van der Waals surface area contributed by atoms with Crippen LogP contribution in [0, 0.1) is 0 Å². The van der Waals surface area contributed by atoms with Gasteiger partial charge in [0.15, 0.2) is 0 Å². The third kappa shape index (κ3) is 2.84. The van der Waals surface area contributed by atoms with Gasteiger partial charge < -0.3 is 15.8 Å². The number of nitrogens with zero attached hydrogens (tertiary/aromatic N) is 3. The second-order valence-electron chi connectivity index (χ2n) is 4.56. The van der Waals surface area contributed by atoms with E-state index in [1.807, 2.05) is 30.3 Å².